The van der Waals surface area contributed by atoms with Crippen LogP contribution in [0.4, 0.5) is 5.69 Å². The zero-order valence-corrected chi connectivity index (χ0v) is 23.8. The van der Waals surface area contributed by atoms with Crippen molar-refractivity contribution in [1.82, 2.24) is 10.2 Å². The molecule has 0 spiro atoms. The molecule has 0 aromatic heterocycles. The molecule has 0 bridgehead atoms. The minimum atomic E-state index is -4.22. The Bertz CT molecular complexity index is 1390. The van der Waals surface area contributed by atoms with Gasteiger partial charge in [-0.05, 0) is 50.2 Å². The number of carbonyl (C=O) groups excluding carboxylic acids is 2. The molecule has 3 aromatic rings. The maximum absolute atomic E-state index is 13.9. The average molecular weight is 579 g/mol. The first-order chi connectivity index (χ1) is 18.0. The molecular weight excluding hydrogens is 549 g/mol. The van der Waals surface area contributed by atoms with Crippen molar-refractivity contribution in [1.29, 1.82) is 0 Å². The number of methoxy groups -OCH3 is 1. The standard InChI is InChI=1S/C27H29Cl2N3O5S/c1-18-12-14-20(15-13-18)38(35,36)32(24-10-5-6-11-25(24)37-4)17-26(33)31(19(2)27(34)30-3)16-21-22(28)8-7-9-23(21)29/h5-15,19H,16-17H2,1-4H3,(H,30,34)/t19-/m1/s1. The monoisotopic (exact) mass is 577 g/mol. The number of ether oxygens (including phenoxy) is 1. The molecule has 0 aliphatic rings. The number of hydrogen-bond acceptors (Lipinski definition) is 5. The summed E-state index contributed by atoms with van der Waals surface area (Å²) >= 11 is 12.7. The Balaban J connectivity index is 2.11. The van der Waals surface area contributed by atoms with Crippen LogP contribution >= 0.6 is 23.2 Å². The molecule has 0 aliphatic carbocycles. The molecule has 0 saturated heterocycles. The Morgan fingerprint density at radius 1 is 0.974 bits per heavy atom. The normalized spacial score (nSPS) is 11.9. The van der Waals surface area contributed by atoms with Gasteiger partial charge in [0.05, 0.1) is 17.7 Å². The lowest BCUT2D eigenvalue weighted by atomic mass is 10.1. The van der Waals surface area contributed by atoms with Crippen LogP contribution in [0.15, 0.2) is 71.6 Å². The molecule has 0 fully saturated rings. The highest BCUT2D eigenvalue weighted by Crippen LogP contribution is 2.33. The molecular formula is C27H29Cl2N3O5S. The largest absolute Gasteiger partial charge is 0.495 e. The van der Waals surface area contributed by atoms with Crippen molar-refractivity contribution in [3.63, 3.8) is 0 Å². The second-order valence-corrected chi connectivity index (χ2v) is 11.2. The molecule has 8 nitrogen and oxygen atoms in total. The van der Waals surface area contributed by atoms with Crippen molar-refractivity contribution < 1.29 is 22.7 Å². The number of para-hydroxylation sites is 2. The van der Waals surface area contributed by atoms with Crippen LogP contribution in [0.1, 0.15) is 18.1 Å². The summed E-state index contributed by atoms with van der Waals surface area (Å²) in [6, 6.07) is 16.8. The fourth-order valence-electron chi connectivity index (χ4n) is 3.83. The van der Waals surface area contributed by atoms with Gasteiger partial charge in [-0.15, -0.1) is 0 Å². The molecule has 202 valence electrons. The summed E-state index contributed by atoms with van der Waals surface area (Å²) in [6.45, 7) is 2.66. The van der Waals surface area contributed by atoms with Crippen molar-refractivity contribution in [3.8, 4) is 5.75 Å². The van der Waals surface area contributed by atoms with E-state index in [-0.39, 0.29) is 22.9 Å². The van der Waals surface area contributed by atoms with Gasteiger partial charge in [0.2, 0.25) is 11.8 Å². The van der Waals surface area contributed by atoms with E-state index in [1.54, 1.807) is 61.5 Å². The van der Waals surface area contributed by atoms with Gasteiger partial charge < -0.3 is 15.0 Å². The highest BCUT2D eigenvalue weighted by Gasteiger charge is 2.34. The summed E-state index contributed by atoms with van der Waals surface area (Å²) in [5, 5.41) is 3.16. The maximum atomic E-state index is 13.9. The molecule has 3 rings (SSSR count). The molecule has 0 heterocycles. The third kappa shape index (κ3) is 6.40. The van der Waals surface area contributed by atoms with Gasteiger partial charge in [0, 0.05) is 29.2 Å². The van der Waals surface area contributed by atoms with Gasteiger partial charge in [0.1, 0.15) is 18.3 Å². The summed E-state index contributed by atoms with van der Waals surface area (Å²) in [6.07, 6.45) is 0. The molecule has 1 atom stereocenters. The molecule has 0 saturated carbocycles. The van der Waals surface area contributed by atoms with Crippen molar-refractivity contribution in [2.75, 3.05) is 25.0 Å². The molecule has 11 heteroatoms. The van der Waals surface area contributed by atoms with E-state index in [1.807, 2.05) is 6.92 Å². The minimum absolute atomic E-state index is 0.00172. The fraction of sp³-hybridized carbons (Fsp3) is 0.259. The van der Waals surface area contributed by atoms with Crippen LogP contribution in [0.25, 0.3) is 0 Å². The number of anilines is 1. The van der Waals surface area contributed by atoms with Gasteiger partial charge in [-0.2, -0.15) is 0 Å². The second-order valence-electron chi connectivity index (χ2n) is 8.51. The molecule has 38 heavy (non-hydrogen) atoms. The first kappa shape index (κ1) is 29.3. The van der Waals surface area contributed by atoms with Crippen LogP contribution < -0.4 is 14.4 Å². The predicted molar refractivity (Wildman–Crippen MR) is 149 cm³/mol. The lowest BCUT2D eigenvalue weighted by molar-refractivity contribution is -0.139. The molecule has 0 unspecified atom stereocenters. The summed E-state index contributed by atoms with van der Waals surface area (Å²) in [5.74, 6) is -0.818. The number of likely N-dealkylation sites (N-methyl/N-ethyl adjacent to an activating group) is 1. The fourth-order valence-corrected chi connectivity index (χ4v) is 5.77. The topological polar surface area (TPSA) is 96.0 Å². The molecule has 1 N–H and O–H groups in total. The van der Waals surface area contributed by atoms with Gasteiger partial charge in [-0.25, -0.2) is 8.42 Å². The second kappa shape index (κ2) is 12.5. The predicted octanol–water partition coefficient (Wildman–Crippen LogP) is 4.67. The summed E-state index contributed by atoms with van der Waals surface area (Å²) in [7, 11) is -1.35. The molecule has 0 radical (unpaired) electrons. The van der Waals surface area contributed by atoms with Crippen LogP contribution in [0.3, 0.4) is 0 Å². The van der Waals surface area contributed by atoms with Crippen LogP contribution in [0.5, 0.6) is 5.75 Å². The highest BCUT2D eigenvalue weighted by atomic mass is 35.5. The van der Waals surface area contributed by atoms with E-state index in [9.17, 15) is 18.0 Å². The average Bonchev–Trinajstić information content (AvgIpc) is 2.90. The minimum Gasteiger partial charge on any atom is -0.495 e. The molecule has 0 aliphatic heterocycles. The van der Waals surface area contributed by atoms with Gasteiger partial charge in [0.25, 0.3) is 10.0 Å². The Morgan fingerprint density at radius 2 is 1.58 bits per heavy atom. The van der Waals surface area contributed by atoms with E-state index in [4.69, 9.17) is 27.9 Å². The molecule has 2 amide bonds. The van der Waals surface area contributed by atoms with E-state index >= 15 is 0 Å². The third-order valence-electron chi connectivity index (χ3n) is 6.05. The van der Waals surface area contributed by atoms with Crippen molar-refractivity contribution in [3.05, 3.63) is 87.9 Å². The van der Waals surface area contributed by atoms with Gasteiger partial charge >= 0.3 is 0 Å². The van der Waals surface area contributed by atoms with E-state index in [1.165, 1.54) is 31.2 Å². The van der Waals surface area contributed by atoms with Crippen LogP contribution in [0.2, 0.25) is 10.0 Å². The maximum Gasteiger partial charge on any atom is 0.264 e. The number of hydrogen-bond donors (Lipinski definition) is 1. The lowest BCUT2D eigenvalue weighted by Crippen LogP contribution is -2.50. The Morgan fingerprint density at radius 3 is 2.16 bits per heavy atom. The molecule has 3 aromatic carbocycles. The Kier molecular flexibility index (Phi) is 9.65. The van der Waals surface area contributed by atoms with Gasteiger partial charge in [-0.3, -0.25) is 13.9 Å². The third-order valence-corrected chi connectivity index (χ3v) is 8.53. The summed E-state index contributed by atoms with van der Waals surface area (Å²) in [4.78, 5) is 27.7. The van der Waals surface area contributed by atoms with Gasteiger partial charge in [-0.1, -0.05) is 59.1 Å². The number of benzene rings is 3. The number of nitrogens with one attached hydrogen (secondary N) is 1. The van der Waals surface area contributed by atoms with E-state index in [0.717, 1.165) is 9.87 Å². The smallest absolute Gasteiger partial charge is 0.264 e. The SMILES string of the molecule is CNC(=O)[C@@H](C)N(Cc1c(Cl)cccc1Cl)C(=O)CN(c1ccccc1OC)S(=O)(=O)c1ccc(C)cc1. The zero-order chi connectivity index (χ0) is 28.0. The number of rotatable bonds is 10. The Hall–Kier alpha value is -3.27. The number of nitrogens with zero attached hydrogens (tertiary/aromatic N) is 2. The zero-order valence-electron chi connectivity index (χ0n) is 21.4. The number of aryl methyl sites for hydroxylation is 1. The Labute approximate surface area is 233 Å². The summed E-state index contributed by atoms with van der Waals surface area (Å²) in [5.41, 5.74) is 1.49. The van der Waals surface area contributed by atoms with Crippen molar-refractivity contribution >= 4 is 50.7 Å². The number of carbonyl (C=O) groups is 2. The highest BCUT2D eigenvalue weighted by molar-refractivity contribution is 7.92. The number of sulfonamides is 1. The van der Waals surface area contributed by atoms with Crippen LogP contribution in [-0.2, 0) is 26.2 Å². The first-order valence-electron chi connectivity index (χ1n) is 11.7. The van der Waals surface area contributed by atoms with Crippen LogP contribution in [-0.4, -0.2) is 51.9 Å². The van der Waals surface area contributed by atoms with E-state index in [0.29, 0.717) is 15.6 Å². The van der Waals surface area contributed by atoms with E-state index in [2.05, 4.69) is 5.32 Å². The number of halogens is 2. The quantitative estimate of drug-likeness (QED) is 0.378. The van der Waals surface area contributed by atoms with E-state index < -0.39 is 34.4 Å². The van der Waals surface area contributed by atoms with Crippen molar-refractivity contribution in [2.45, 2.75) is 31.3 Å². The summed E-state index contributed by atoms with van der Waals surface area (Å²) < 4.78 is 34.2. The van der Waals surface area contributed by atoms with Gasteiger partial charge in [0.15, 0.2) is 0 Å². The first-order valence-corrected chi connectivity index (χ1v) is 13.9. The van der Waals surface area contributed by atoms with Crippen LogP contribution in [0, 0.1) is 6.92 Å². The number of amides is 2. The van der Waals surface area contributed by atoms with Crippen molar-refractivity contribution in [2.24, 2.45) is 0 Å². The lowest BCUT2D eigenvalue weighted by Gasteiger charge is -2.32.